The Bertz CT molecular complexity index is 402. The molecule has 0 N–H and O–H groups in total. The molecule has 2 heteroatoms. The second-order valence-electron chi connectivity index (χ2n) is 4.83. The first kappa shape index (κ1) is 10.1. The molecule has 1 aromatic heterocycles. The largest absolute Gasteiger partial charge is 0.237 e. The third-order valence-electron chi connectivity index (χ3n) is 2.56. The Morgan fingerprint density at radius 2 is 1.93 bits per heavy atom. The lowest BCUT2D eigenvalue weighted by atomic mass is 9.77. The highest BCUT2D eigenvalue weighted by Crippen LogP contribution is 2.38. The summed E-state index contributed by atoms with van der Waals surface area (Å²) in [5, 5.41) is 0. The fraction of sp³-hybridized carbons (Fsp3) is 0.385. The van der Waals surface area contributed by atoms with Crippen LogP contribution in [0.2, 0.25) is 0 Å². The molecule has 1 aromatic rings. The second-order valence-corrected chi connectivity index (χ2v) is 4.83. The number of rotatable bonds is 1. The summed E-state index contributed by atoms with van der Waals surface area (Å²) in [7, 11) is 0. The van der Waals surface area contributed by atoms with Gasteiger partial charge >= 0.3 is 0 Å². The van der Waals surface area contributed by atoms with Crippen molar-refractivity contribution in [2.45, 2.75) is 26.7 Å². The minimum atomic E-state index is 0.184. The van der Waals surface area contributed by atoms with E-state index in [0.717, 1.165) is 18.7 Å². The van der Waals surface area contributed by atoms with Crippen LogP contribution in [0.15, 0.2) is 36.7 Å². The predicted molar refractivity (Wildman–Crippen MR) is 62.2 cm³/mol. The molecule has 0 unspecified atom stereocenters. The van der Waals surface area contributed by atoms with Crippen LogP contribution in [0.4, 0.5) is 0 Å². The van der Waals surface area contributed by atoms with Crippen LogP contribution in [0.1, 0.15) is 32.5 Å². The average molecular weight is 200 g/mol. The molecule has 2 rings (SSSR count). The van der Waals surface area contributed by atoms with Crippen molar-refractivity contribution in [2.24, 2.45) is 5.41 Å². The number of hydrogen-bond donors (Lipinski definition) is 0. The molecule has 15 heavy (non-hydrogen) atoms. The standard InChI is InChI=1S/C13H16N2/c1-10-7-11(9-13(2,3)8-10)12-14-5-4-6-15-12/h4-6,9H,1,7-8H2,2-3H3. The number of aromatic nitrogens is 2. The smallest absolute Gasteiger partial charge is 0.154 e. The summed E-state index contributed by atoms with van der Waals surface area (Å²) >= 11 is 0. The third-order valence-corrected chi connectivity index (χ3v) is 2.56. The van der Waals surface area contributed by atoms with Crippen LogP contribution in [0.3, 0.4) is 0 Å². The molecule has 1 aliphatic carbocycles. The van der Waals surface area contributed by atoms with E-state index in [1.165, 1.54) is 11.1 Å². The van der Waals surface area contributed by atoms with Gasteiger partial charge in [-0.15, -0.1) is 0 Å². The number of hydrogen-bond acceptors (Lipinski definition) is 2. The zero-order chi connectivity index (χ0) is 10.9. The Morgan fingerprint density at radius 3 is 2.53 bits per heavy atom. The Morgan fingerprint density at radius 1 is 1.27 bits per heavy atom. The summed E-state index contributed by atoms with van der Waals surface area (Å²) in [6.45, 7) is 8.53. The van der Waals surface area contributed by atoms with Crippen molar-refractivity contribution in [3.63, 3.8) is 0 Å². The van der Waals surface area contributed by atoms with E-state index < -0.39 is 0 Å². The summed E-state index contributed by atoms with van der Waals surface area (Å²) < 4.78 is 0. The van der Waals surface area contributed by atoms with Gasteiger partial charge in [-0.2, -0.15) is 0 Å². The van der Waals surface area contributed by atoms with Crippen LogP contribution < -0.4 is 0 Å². The van der Waals surface area contributed by atoms with Crippen LogP contribution in [-0.2, 0) is 0 Å². The van der Waals surface area contributed by atoms with E-state index in [4.69, 9.17) is 0 Å². The van der Waals surface area contributed by atoms with Gasteiger partial charge in [-0.05, 0) is 29.9 Å². The van der Waals surface area contributed by atoms with Crippen molar-refractivity contribution in [3.05, 3.63) is 42.5 Å². The summed E-state index contributed by atoms with van der Waals surface area (Å²) in [5.74, 6) is 0.839. The van der Waals surface area contributed by atoms with Gasteiger partial charge in [0.15, 0.2) is 5.82 Å². The Balaban J connectivity index is 2.38. The maximum atomic E-state index is 4.28. The first-order chi connectivity index (χ1) is 7.07. The molecule has 78 valence electrons. The van der Waals surface area contributed by atoms with Crippen molar-refractivity contribution >= 4 is 5.57 Å². The van der Waals surface area contributed by atoms with E-state index in [9.17, 15) is 0 Å². The molecule has 0 atom stereocenters. The molecule has 0 aromatic carbocycles. The number of nitrogens with zero attached hydrogens (tertiary/aromatic N) is 2. The van der Waals surface area contributed by atoms with Gasteiger partial charge in [-0.3, -0.25) is 0 Å². The van der Waals surface area contributed by atoms with Crippen LogP contribution in [-0.4, -0.2) is 9.97 Å². The fourth-order valence-electron chi connectivity index (χ4n) is 2.16. The van der Waals surface area contributed by atoms with E-state index >= 15 is 0 Å². The van der Waals surface area contributed by atoms with Crippen LogP contribution in [0.5, 0.6) is 0 Å². The van der Waals surface area contributed by atoms with Gasteiger partial charge in [0.1, 0.15) is 0 Å². The van der Waals surface area contributed by atoms with Crippen molar-refractivity contribution in [1.82, 2.24) is 9.97 Å². The minimum absolute atomic E-state index is 0.184. The van der Waals surface area contributed by atoms with Gasteiger partial charge < -0.3 is 0 Å². The highest BCUT2D eigenvalue weighted by atomic mass is 14.9. The van der Waals surface area contributed by atoms with E-state index in [0.29, 0.717) is 0 Å². The molecular weight excluding hydrogens is 184 g/mol. The fourth-order valence-corrected chi connectivity index (χ4v) is 2.16. The number of allylic oxidation sites excluding steroid dienone is 3. The highest BCUT2D eigenvalue weighted by Gasteiger charge is 2.24. The Kier molecular flexibility index (Phi) is 2.43. The predicted octanol–water partition coefficient (Wildman–Crippen LogP) is 3.24. The first-order valence-corrected chi connectivity index (χ1v) is 5.23. The topological polar surface area (TPSA) is 25.8 Å². The molecule has 1 heterocycles. The van der Waals surface area contributed by atoms with Gasteiger partial charge in [-0.25, -0.2) is 9.97 Å². The molecule has 0 saturated heterocycles. The van der Waals surface area contributed by atoms with Gasteiger partial charge in [0.05, 0.1) is 0 Å². The lowest BCUT2D eigenvalue weighted by Crippen LogP contribution is -2.15. The molecular formula is C13H16N2. The summed E-state index contributed by atoms with van der Waals surface area (Å²) in [6, 6.07) is 1.84. The SMILES string of the molecule is C=C1CC(c2ncccn2)=CC(C)(C)C1. The maximum Gasteiger partial charge on any atom is 0.154 e. The van der Waals surface area contributed by atoms with E-state index in [1.54, 1.807) is 12.4 Å². The molecule has 0 aliphatic heterocycles. The zero-order valence-electron chi connectivity index (χ0n) is 9.33. The van der Waals surface area contributed by atoms with E-state index in [2.05, 4.69) is 36.5 Å². The van der Waals surface area contributed by atoms with Crippen LogP contribution >= 0.6 is 0 Å². The summed E-state index contributed by atoms with van der Waals surface area (Å²) in [4.78, 5) is 8.56. The van der Waals surface area contributed by atoms with E-state index in [1.807, 2.05) is 6.07 Å². The maximum absolute atomic E-state index is 4.28. The van der Waals surface area contributed by atoms with Gasteiger partial charge in [0, 0.05) is 12.4 Å². The molecule has 2 nitrogen and oxygen atoms in total. The van der Waals surface area contributed by atoms with Crippen LogP contribution in [0, 0.1) is 5.41 Å². The molecule has 0 radical (unpaired) electrons. The molecule has 1 aliphatic rings. The van der Waals surface area contributed by atoms with Gasteiger partial charge in [-0.1, -0.05) is 32.1 Å². The zero-order valence-corrected chi connectivity index (χ0v) is 9.33. The highest BCUT2D eigenvalue weighted by molar-refractivity contribution is 5.64. The molecule has 0 bridgehead atoms. The molecule has 0 spiro atoms. The molecule has 0 amide bonds. The van der Waals surface area contributed by atoms with Crippen molar-refractivity contribution in [2.75, 3.05) is 0 Å². The quantitative estimate of drug-likeness (QED) is 0.650. The van der Waals surface area contributed by atoms with Gasteiger partial charge in [0.2, 0.25) is 0 Å². The third kappa shape index (κ3) is 2.32. The Labute approximate surface area is 90.8 Å². The minimum Gasteiger partial charge on any atom is -0.237 e. The average Bonchev–Trinajstić information content (AvgIpc) is 2.16. The lowest BCUT2D eigenvalue weighted by molar-refractivity contribution is 0.463. The van der Waals surface area contributed by atoms with Crippen LogP contribution in [0.25, 0.3) is 5.57 Å². The summed E-state index contributed by atoms with van der Waals surface area (Å²) in [5.41, 5.74) is 2.66. The normalized spacial score (nSPS) is 19.9. The molecule has 0 saturated carbocycles. The first-order valence-electron chi connectivity index (χ1n) is 5.23. The van der Waals surface area contributed by atoms with Crippen molar-refractivity contribution in [3.8, 4) is 0 Å². The van der Waals surface area contributed by atoms with Gasteiger partial charge in [0.25, 0.3) is 0 Å². The van der Waals surface area contributed by atoms with Crippen molar-refractivity contribution in [1.29, 1.82) is 0 Å². The molecule has 0 fully saturated rings. The summed E-state index contributed by atoms with van der Waals surface area (Å²) in [6.07, 6.45) is 7.81. The van der Waals surface area contributed by atoms with Crippen molar-refractivity contribution < 1.29 is 0 Å². The lowest BCUT2D eigenvalue weighted by Gasteiger charge is -2.28. The monoisotopic (exact) mass is 200 g/mol. The van der Waals surface area contributed by atoms with E-state index in [-0.39, 0.29) is 5.41 Å². The Hall–Kier alpha value is -1.44. The second kappa shape index (κ2) is 3.61.